The van der Waals surface area contributed by atoms with Crippen molar-refractivity contribution in [3.05, 3.63) is 69.2 Å². The van der Waals surface area contributed by atoms with Crippen LogP contribution in [0.25, 0.3) is 5.57 Å². The largest absolute Gasteiger partial charge is 0.618 e. The second-order valence-electron chi connectivity index (χ2n) is 12.1. The molecule has 2 aromatic rings. The van der Waals surface area contributed by atoms with Gasteiger partial charge < -0.3 is 14.7 Å². The Morgan fingerprint density at radius 3 is 2.21 bits per heavy atom. The summed E-state index contributed by atoms with van der Waals surface area (Å²) in [5, 5.41) is 13.5. The molecule has 1 aromatic carbocycles. The van der Waals surface area contributed by atoms with Crippen LogP contribution in [-0.2, 0) is 17.1 Å². The number of amides is 1. The summed E-state index contributed by atoms with van der Waals surface area (Å²) in [6.45, 7) is 9.37. The smallest absolute Gasteiger partial charge is 0.416 e. The van der Waals surface area contributed by atoms with E-state index in [2.05, 4.69) is 0 Å². The average Bonchev–Trinajstić information content (AvgIpc) is 3.15. The van der Waals surface area contributed by atoms with Crippen LogP contribution in [-0.4, -0.2) is 30.7 Å². The summed E-state index contributed by atoms with van der Waals surface area (Å²) in [5.74, 6) is 0.278. The molecule has 4 rings (SSSR count). The van der Waals surface area contributed by atoms with Gasteiger partial charge in [-0.1, -0.05) is 27.7 Å². The van der Waals surface area contributed by atoms with E-state index in [0.717, 1.165) is 16.7 Å². The van der Waals surface area contributed by atoms with Crippen molar-refractivity contribution in [2.45, 2.75) is 84.3 Å². The summed E-state index contributed by atoms with van der Waals surface area (Å²) in [4.78, 5) is 14.4. The Labute approximate surface area is 240 Å². The molecule has 230 valence electrons. The minimum absolute atomic E-state index is 0.0184. The molecule has 1 aliphatic carbocycles. The Morgan fingerprint density at radius 2 is 1.69 bits per heavy atom. The molecule has 2 aliphatic rings. The maximum Gasteiger partial charge on any atom is 0.416 e. The van der Waals surface area contributed by atoms with Gasteiger partial charge in [-0.25, -0.2) is 4.79 Å². The van der Waals surface area contributed by atoms with E-state index in [9.17, 15) is 36.3 Å². The third-order valence-corrected chi connectivity index (χ3v) is 8.04. The normalized spacial score (nSPS) is 21.3. The fourth-order valence-corrected chi connectivity index (χ4v) is 5.76. The SMILES string of the molecule is COc1ccc(C(C)C)[n+]([O-])c1C1=C(CN2C(=O)O[C@H](c3cc(C(F)(F)F)cc(C(F)(F)F)c3)[C@@H]2C)CC(C)(C)CC1. The van der Waals surface area contributed by atoms with Crippen LogP contribution in [0, 0.1) is 10.6 Å². The summed E-state index contributed by atoms with van der Waals surface area (Å²) >= 11 is 0. The van der Waals surface area contributed by atoms with Gasteiger partial charge >= 0.3 is 18.4 Å². The number of nitrogens with zero attached hydrogens (tertiary/aromatic N) is 2. The first-order valence-corrected chi connectivity index (χ1v) is 13.6. The Hall–Kier alpha value is -3.44. The van der Waals surface area contributed by atoms with Gasteiger partial charge in [-0.2, -0.15) is 31.1 Å². The molecule has 0 N–H and O–H groups in total. The first kappa shape index (κ1) is 31.5. The third kappa shape index (κ3) is 6.17. The molecule has 1 aromatic heterocycles. The molecule has 2 atom stereocenters. The Morgan fingerprint density at radius 1 is 1.10 bits per heavy atom. The second-order valence-corrected chi connectivity index (χ2v) is 12.1. The van der Waals surface area contributed by atoms with Crippen LogP contribution < -0.4 is 9.47 Å². The van der Waals surface area contributed by atoms with Crippen molar-refractivity contribution < 1.29 is 45.3 Å². The van der Waals surface area contributed by atoms with Gasteiger partial charge in [-0.3, -0.25) is 4.90 Å². The van der Waals surface area contributed by atoms with E-state index in [-0.39, 0.29) is 23.9 Å². The number of alkyl halides is 6. The lowest BCUT2D eigenvalue weighted by Crippen LogP contribution is -2.40. The first-order chi connectivity index (χ1) is 19.3. The van der Waals surface area contributed by atoms with Crippen LogP contribution >= 0.6 is 0 Å². The molecule has 6 nitrogen and oxygen atoms in total. The Balaban J connectivity index is 1.78. The summed E-state index contributed by atoms with van der Waals surface area (Å²) in [6, 6.07) is 3.74. The summed E-state index contributed by atoms with van der Waals surface area (Å²) in [7, 11) is 1.45. The van der Waals surface area contributed by atoms with Crippen LogP contribution in [0.2, 0.25) is 0 Å². The number of benzene rings is 1. The Kier molecular flexibility index (Phi) is 8.25. The predicted octanol–water partition coefficient (Wildman–Crippen LogP) is 8.04. The lowest BCUT2D eigenvalue weighted by atomic mass is 9.73. The van der Waals surface area contributed by atoms with Crippen molar-refractivity contribution in [1.29, 1.82) is 0 Å². The highest BCUT2D eigenvalue weighted by atomic mass is 19.4. The zero-order valence-corrected chi connectivity index (χ0v) is 24.2. The van der Waals surface area contributed by atoms with Crippen molar-refractivity contribution in [2.75, 3.05) is 13.7 Å². The average molecular weight is 601 g/mol. The van der Waals surface area contributed by atoms with Gasteiger partial charge in [0, 0.05) is 24.1 Å². The van der Waals surface area contributed by atoms with E-state index >= 15 is 0 Å². The molecule has 0 bridgehead atoms. The lowest BCUT2D eigenvalue weighted by molar-refractivity contribution is -0.618. The van der Waals surface area contributed by atoms with E-state index in [1.807, 2.05) is 27.7 Å². The van der Waals surface area contributed by atoms with Crippen LogP contribution in [0.5, 0.6) is 5.75 Å². The molecule has 1 aliphatic heterocycles. The fraction of sp³-hybridized carbons (Fsp3) is 0.533. The van der Waals surface area contributed by atoms with Crippen molar-refractivity contribution >= 4 is 11.7 Å². The molecule has 1 saturated heterocycles. The fourth-order valence-electron chi connectivity index (χ4n) is 5.76. The summed E-state index contributed by atoms with van der Waals surface area (Å²) < 4.78 is 92.8. The molecule has 12 heteroatoms. The van der Waals surface area contributed by atoms with Crippen molar-refractivity contribution in [1.82, 2.24) is 4.90 Å². The molecular formula is C30H34F6N2O4. The number of cyclic esters (lactones) is 1. The van der Waals surface area contributed by atoms with E-state index in [0.29, 0.717) is 47.7 Å². The molecule has 2 heterocycles. The number of rotatable bonds is 6. The number of ether oxygens (including phenoxy) is 2. The van der Waals surface area contributed by atoms with E-state index in [4.69, 9.17) is 9.47 Å². The zero-order valence-electron chi connectivity index (χ0n) is 24.2. The van der Waals surface area contributed by atoms with Gasteiger partial charge in [0.2, 0.25) is 0 Å². The molecule has 0 spiro atoms. The number of allylic oxidation sites excluding steroid dienone is 1. The highest BCUT2D eigenvalue weighted by Gasteiger charge is 2.44. The van der Waals surface area contributed by atoms with Crippen molar-refractivity contribution in [3.63, 3.8) is 0 Å². The minimum Gasteiger partial charge on any atom is -0.618 e. The number of carbonyl (C=O) groups is 1. The van der Waals surface area contributed by atoms with E-state index < -0.39 is 47.3 Å². The van der Waals surface area contributed by atoms with Gasteiger partial charge in [0.15, 0.2) is 11.4 Å². The number of hydrogen-bond donors (Lipinski definition) is 0. The van der Waals surface area contributed by atoms with Crippen LogP contribution in [0.1, 0.15) is 94.0 Å². The van der Waals surface area contributed by atoms with Crippen molar-refractivity contribution in [3.8, 4) is 5.75 Å². The van der Waals surface area contributed by atoms with Crippen LogP contribution in [0.3, 0.4) is 0 Å². The molecule has 0 saturated carbocycles. The van der Waals surface area contributed by atoms with Gasteiger partial charge in [0.25, 0.3) is 5.69 Å². The minimum atomic E-state index is -5.04. The van der Waals surface area contributed by atoms with Gasteiger partial charge in [0.05, 0.1) is 24.3 Å². The van der Waals surface area contributed by atoms with Gasteiger partial charge in [-0.15, -0.1) is 0 Å². The predicted molar refractivity (Wildman–Crippen MR) is 142 cm³/mol. The first-order valence-electron chi connectivity index (χ1n) is 13.6. The molecule has 1 fully saturated rings. The maximum absolute atomic E-state index is 13.5. The number of pyridine rings is 1. The second kappa shape index (κ2) is 11.0. The number of carbonyl (C=O) groups excluding carboxylic acids is 1. The van der Waals surface area contributed by atoms with Gasteiger partial charge in [0.1, 0.15) is 6.10 Å². The van der Waals surface area contributed by atoms with Crippen LogP contribution in [0.15, 0.2) is 35.9 Å². The number of hydrogen-bond acceptors (Lipinski definition) is 4. The number of methoxy groups -OCH3 is 1. The quantitative estimate of drug-likeness (QED) is 0.191. The van der Waals surface area contributed by atoms with Gasteiger partial charge in [-0.05, 0) is 67.0 Å². The summed E-state index contributed by atoms with van der Waals surface area (Å²) in [6.07, 6.45) is -10.6. The zero-order chi connectivity index (χ0) is 31.4. The molecular weight excluding hydrogens is 566 g/mol. The highest BCUT2D eigenvalue weighted by Crippen LogP contribution is 2.46. The monoisotopic (exact) mass is 600 g/mol. The molecule has 1 amide bonds. The standard InChI is InChI=1S/C30H34F6N2O4/c1-16(2)23-7-8-24(41-6)25(38(23)40)22-9-10-28(4,5)14-19(22)15-37-17(3)26(42-27(37)39)18-11-20(29(31,32)33)13-21(12-18)30(34,35)36/h7-8,11-13,16-17,26H,9-10,14-15H2,1-6H3/t17-,26-/m0/s1. The van der Waals surface area contributed by atoms with E-state index in [1.54, 1.807) is 12.1 Å². The third-order valence-electron chi connectivity index (χ3n) is 8.04. The number of aromatic nitrogens is 1. The molecule has 0 unspecified atom stereocenters. The summed E-state index contributed by atoms with van der Waals surface area (Å²) in [5.41, 5.74) is -1.24. The Bertz CT molecular complexity index is 1370. The molecule has 0 radical (unpaired) electrons. The lowest BCUT2D eigenvalue weighted by Gasteiger charge is -2.35. The topological polar surface area (TPSA) is 65.7 Å². The van der Waals surface area contributed by atoms with Crippen LogP contribution in [0.4, 0.5) is 31.1 Å². The highest BCUT2D eigenvalue weighted by molar-refractivity contribution is 5.74. The van der Waals surface area contributed by atoms with Crippen molar-refractivity contribution in [2.24, 2.45) is 5.41 Å². The number of halogens is 6. The van der Waals surface area contributed by atoms with E-state index in [1.165, 1.54) is 18.9 Å². The molecule has 42 heavy (non-hydrogen) atoms. The maximum atomic E-state index is 13.5.